The Morgan fingerprint density at radius 3 is 2.62 bits per heavy atom. The molecule has 0 fully saturated rings. The Labute approximate surface area is 121 Å². The molecule has 114 valence electrons. The van der Waals surface area contributed by atoms with Crippen molar-refractivity contribution in [2.45, 2.75) is 39.2 Å². The molecule has 7 heteroatoms. The summed E-state index contributed by atoms with van der Waals surface area (Å²) in [5.41, 5.74) is 0.120. The summed E-state index contributed by atoms with van der Waals surface area (Å²) in [4.78, 5) is 39.9. The number of fused-ring (bicyclic) bond motifs is 1. The van der Waals surface area contributed by atoms with E-state index in [9.17, 15) is 14.4 Å². The summed E-state index contributed by atoms with van der Waals surface area (Å²) in [6.45, 7) is 2.16. The number of Topliss-reactive ketones (excluding diaryl/α,β-unsaturated/α-hetero) is 1. The standard InChI is InChI=1S/C14H20N4O3/c1-4-10(19)7-5-6-8-18-13(20)11-12(15-9-16(11)2)17(3)14(18)21/h9H,4-8H2,1-3H3. The van der Waals surface area contributed by atoms with Gasteiger partial charge in [0.15, 0.2) is 11.2 Å². The monoisotopic (exact) mass is 292 g/mol. The van der Waals surface area contributed by atoms with Crippen molar-refractivity contribution in [3.05, 3.63) is 27.2 Å². The Hall–Kier alpha value is -2.18. The van der Waals surface area contributed by atoms with Crippen molar-refractivity contribution in [3.63, 3.8) is 0 Å². The molecule has 7 nitrogen and oxygen atoms in total. The fourth-order valence-electron chi connectivity index (χ4n) is 2.36. The molecule has 0 radical (unpaired) electrons. The lowest BCUT2D eigenvalue weighted by Crippen LogP contribution is -2.39. The van der Waals surface area contributed by atoms with Crippen LogP contribution in [-0.2, 0) is 25.4 Å². The summed E-state index contributed by atoms with van der Waals surface area (Å²) >= 11 is 0. The topological polar surface area (TPSA) is 78.9 Å². The van der Waals surface area contributed by atoms with Crippen LogP contribution in [-0.4, -0.2) is 24.5 Å². The predicted octanol–water partition coefficient (Wildman–Crippen LogP) is 0.583. The second kappa shape index (κ2) is 6.07. The summed E-state index contributed by atoms with van der Waals surface area (Å²) in [7, 11) is 3.33. The lowest BCUT2D eigenvalue weighted by Gasteiger charge is -2.08. The molecule has 2 rings (SSSR count). The summed E-state index contributed by atoms with van der Waals surface area (Å²) in [5, 5.41) is 0. The molecule has 0 saturated heterocycles. The molecule has 0 aliphatic rings. The maximum atomic E-state index is 12.4. The smallest absolute Gasteiger partial charge is 0.328 e. The van der Waals surface area contributed by atoms with Crippen LogP contribution in [0, 0.1) is 0 Å². The lowest BCUT2D eigenvalue weighted by molar-refractivity contribution is -0.118. The third-order valence-corrected chi connectivity index (χ3v) is 3.68. The van der Waals surface area contributed by atoms with E-state index < -0.39 is 0 Å². The van der Waals surface area contributed by atoms with E-state index in [-0.39, 0.29) is 17.0 Å². The average Bonchev–Trinajstić information content (AvgIpc) is 2.86. The molecule has 0 amide bonds. The summed E-state index contributed by atoms with van der Waals surface area (Å²) in [6.07, 6.45) is 3.87. The number of ketones is 1. The van der Waals surface area contributed by atoms with E-state index in [1.54, 1.807) is 18.7 Å². The van der Waals surface area contributed by atoms with Gasteiger partial charge in [0.1, 0.15) is 5.78 Å². The van der Waals surface area contributed by atoms with Gasteiger partial charge in [0.25, 0.3) is 5.56 Å². The number of aryl methyl sites for hydroxylation is 2. The number of carbonyl (C=O) groups excluding carboxylic acids is 1. The van der Waals surface area contributed by atoms with E-state index >= 15 is 0 Å². The van der Waals surface area contributed by atoms with Crippen LogP contribution in [0.5, 0.6) is 0 Å². The van der Waals surface area contributed by atoms with Crippen molar-refractivity contribution < 1.29 is 4.79 Å². The molecule has 0 aliphatic heterocycles. The molecule has 0 aliphatic carbocycles. The number of aromatic nitrogens is 4. The second-order valence-corrected chi connectivity index (χ2v) is 5.18. The molecule has 2 heterocycles. The summed E-state index contributed by atoms with van der Waals surface area (Å²) in [6, 6.07) is 0. The SMILES string of the molecule is CCC(=O)CCCCn1c(=O)c2c(ncn2C)n(C)c1=O. The molecule has 0 aromatic carbocycles. The van der Waals surface area contributed by atoms with Gasteiger partial charge in [-0.3, -0.25) is 18.7 Å². The maximum Gasteiger partial charge on any atom is 0.332 e. The molecule has 0 spiro atoms. The Morgan fingerprint density at radius 2 is 1.95 bits per heavy atom. The van der Waals surface area contributed by atoms with Crippen LogP contribution in [0.25, 0.3) is 11.2 Å². The minimum absolute atomic E-state index is 0.206. The molecule has 0 N–H and O–H groups in total. The van der Waals surface area contributed by atoms with Crippen LogP contribution in [0.15, 0.2) is 15.9 Å². The van der Waals surface area contributed by atoms with Crippen molar-refractivity contribution in [3.8, 4) is 0 Å². The van der Waals surface area contributed by atoms with Gasteiger partial charge in [0, 0.05) is 33.5 Å². The van der Waals surface area contributed by atoms with E-state index in [0.29, 0.717) is 43.4 Å². The van der Waals surface area contributed by atoms with Gasteiger partial charge in [0.05, 0.1) is 6.33 Å². The van der Waals surface area contributed by atoms with Gasteiger partial charge >= 0.3 is 5.69 Å². The maximum absolute atomic E-state index is 12.4. The van der Waals surface area contributed by atoms with Crippen LogP contribution < -0.4 is 11.2 Å². The normalized spacial score (nSPS) is 11.2. The first-order valence-electron chi connectivity index (χ1n) is 7.10. The third kappa shape index (κ3) is 2.81. The van der Waals surface area contributed by atoms with Crippen LogP contribution in [0.1, 0.15) is 32.6 Å². The minimum atomic E-state index is -0.368. The number of carbonyl (C=O) groups is 1. The number of rotatable bonds is 6. The molecule has 0 unspecified atom stereocenters. The van der Waals surface area contributed by atoms with Crippen LogP contribution in [0.3, 0.4) is 0 Å². The van der Waals surface area contributed by atoms with E-state index in [0.717, 1.165) is 0 Å². The number of nitrogens with zero attached hydrogens (tertiary/aromatic N) is 4. The Morgan fingerprint density at radius 1 is 1.24 bits per heavy atom. The minimum Gasteiger partial charge on any atom is -0.328 e. The van der Waals surface area contributed by atoms with Gasteiger partial charge in [-0.15, -0.1) is 0 Å². The fourth-order valence-corrected chi connectivity index (χ4v) is 2.36. The fraction of sp³-hybridized carbons (Fsp3) is 0.571. The van der Waals surface area contributed by atoms with Crippen LogP contribution in [0.2, 0.25) is 0 Å². The molecule has 21 heavy (non-hydrogen) atoms. The van der Waals surface area contributed by atoms with Gasteiger partial charge in [-0.1, -0.05) is 6.92 Å². The second-order valence-electron chi connectivity index (χ2n) is 5.18. The number of hydrogen-bond acceptors (Lipinski definition) is 4. The van der Waals surface area contributed by atoms with E-state index in [4.69, 9.17) is 0 Å². The molecule has 0 bridgehead atoms. The van der Waals surface area contributed by atoms with Crippen LogP contribution >= 0.6 is 0 Å². The van der Waals surface area contributed by atoms with Gasteiger partial charge in [-0.25, -0.2) is 9.78 Å². The molecular formula is C14H20N4O3. The Kier molecular flexibility index (Phi) is 4.40. The highest BCUT2D eigenvalue weighted by atomic mass is 16.2. The van der Waals surface area contributed by atoms with E-state index in [2.05, 4.69) is 4.98 Å². The zero-order valence-electron chi connectivity index (χ0n) is 12.6. The van der Waals surface area contributed by atoms with E-state index in [1.165, 1.54) is 15.5 Å². The van der Waals surface area contributed by atoms with Crippen molar-refractivity contribution >= 4 is 16.9 Å². The number of hydrogen-bond donors (Lipinski definition) is 0. The van der Waals surface area contributed by atoms with Gasteiger partial charge in [0.2, 0.25) is 0 Å². The molecule has 0 saturated carbocycles. The van der Waals surface area contributed by atoms with Crippen molar-refractivity contribution in [1.82, 2.24) is 18.7 Å². The quantitative estimate of drug-likeness (QED) is 0.730. The molecule has 0 atom stereocenters. The first kappa shape index (κ1) is 15.2. The number of imidazole rings is 1. The zero-order chi connectivity index (χ0) is 15.6. The molecular weight excluding hydrogens is 272 g/mol. The van der Waals surface area contributed by atoms with E-state index in [1.807, 2.05) is 6.92 Å². The lowest BCUT2D eigenvalue weighted by atomic mass is 10.1. The molecule has 2 aromatic rings. The van der Waals surface area contributed by atoms with Crippen LogP contribution in [0.4, 0.5) is 0 Å². The Bertz CT molecular complexity index is 782. The highest BCUT2D eigenvalue weighted by Gasteiger charge is 2.14. The largest absolute Gasteiger partial charge is 0.332 e. The zero-order valence-corrected chi connectivity index (χ0v) is 12.6. The highest BCUT2D eigenvalue weighted by Crippen LogP contribution is 2.04. The first-order chi connectivity index (χ1) is 9.97. The first-order valence-corrected chi connectivity index (χ1v) is 7.10. The Balaban J connectivity index is 2.28. The highest BCUT2D eigenvalue weighted by molar-refractivity contribution is 5.77. The summed E-state index contributed by atoms with van der Waals surface area (Å²) < 4.78 is 4.22. The van der Waals surface area contributed by atoms with Crippen molar-refractivity contribution in [1.29, 1.82) is 0 Å². The molecule has 2 aromatic heterocycles. The number of unbranched alkanes of at least 4 members (excludes halogenated alkanes) is 1. The van der Waals surface area contributed by atoms with Gasteiger partial charge in [-0.05, 0) is 12.8 Å². The third-order valence-electron chi connectivity index (χ3n) is 3.68. The predicted molar refractivity (Wildman–Crippen MR) is 79.4 cm³/mol. The average molecular weight is 292 g/mol. The van der Waals surface area contributed by atoms with Gasteiger partial charge in [-0.2, -0.15) is 0 Å². The summed E-state index contributed by atoms with van der Waals surface area (Å²) in [5.74, 6) is 0.206. The van der Waals surface area contributed by atoms with Crippen molar-refractivity contribution in [2.75, 3.05) is 0 Å². The van der Waals surface area contributed by atoms with Crippen molar-refractivity contribution in [2.24, 2.45) is 14.1 Å². The van der Waals surface area contributed by atoms with Gasteiger partial charge < -0.3 is 4.57 Å².